The fourth-order valence-corrected chi connectivity index (χ4v) is 2.24. The lowest BCUT2D eigenvalue weighted by atomic mass is 10.0. The van der Waals surface area contributed by atoms with Crippen molar-refractivity contribution in [1.82, 2.24) is 0 Å². The summed E-state index contributed by atoms with van der Waals surface area (Å²) in [6.07, 6.45) is 1.38. The molecule has 1 aromatic carbocycles. The number of aliphatic hydroxyl groups excluding tert-OH is 1. The summed E-state index contributed by atoms with van der Waals surface area (Å²) < 4.78 is 0. The minimum atomic E-state index is -0.183. The SMILES string of the molecule is Cc1ccc(C(=N)N)c(N2CCC(O)CC2)c1. The number of anilines is 1. The monoisotopic (exact) mass is 233 g/mol. The van der Waals surface area contributed by atoms with Gasteiger partial charge in [0, 0.05) is 24.3 Å². The fourth-order valence-electron chi connectivity index (χ4n) is 2.24. The highest BCUT2D eigenvalue weighted by Gasteiger charge is 2.20. The van der Waals surface area contributed by atoms with E-state index in [4.69, 9.17) is 11.1 Å². The number of rotatable bonds is 2. The maximum Gasteiger partial charge on any atom is 0.124 e. The molecule has 17 heavy (non-hydrogen) atoms. The van der Waals surface area contributed by atoms with Gasteiger partial charge >= 0.3 is 0 Å². The number of hydrogen-bond acceptors (Lipinski definition) is 3. The highest BCUT2D eigenvalue weighted by Crippen LogP contribution is 2.25. The summed E-state index contributed by atoms with van der Waals surface area (Å²) in [7, 11) is 0. The van der Waals surface area contributed by atoms with Gasteiger partial charge in [-0.3, -0.25) is 5.41 Å². The van der Waals surface area contributed by atoms with Gasteiger partial charge in [0.15, 0.2) is 0 Å². The summed E-state index contributed by atoms with van der Waals surface area (Å²) in [5.74, 6) is 0.103. The number of piperidine rings is 1. The second-order valence-corrected chi connectivity index (χ2v) is 4.65. The Labute approximate surface area is 102 Å². The average Bonchev–Trinajstić information content (AvgIpc) is 2.29. The molecule has 0 unspecified atom stereocenters. The third kappa shape index (κ3) is 2.58. The van der Waals surface area contributed by atoms with Crippen molar-refractivity contribution in [3.63, 3.8) is 0 Å². The average molecular weight is 233 g/mol. The van der Waals surface area contributed by atoms with Crippen molar-refractivity contribution in [2.45, 2.75) is 25.9 Å². The molecule has 0 atom stereocenters. The van der Waals surface area contributed by atoms with Crippen molar-refractivity contribution in [3.05, 3.63) is 29.3 Å². The zero-order chi connectivity index (χ0) is 12.4. The van der Waals surface area contributed by atoms with Crippen LogP contribution in [0, 0.1) is 12.3 Å². The molecular formula is C13H19N3O. The second kappa shape index (κ2) is 4.75. The van der Waals surface area contributed by atoms with Crippen molar-refractivity contribution < 1.29 is 5.11 Å². The van der Waals surface area contributed by atoms with Crippen LogP contribution in [0.1, 0.15) is 24.0 Å². The molecule has 4 N–H and O–H groups in total. The zero-order valence-corrected chi connectivity index (χ0v) is 10.1. The minimum Gasteiger partial charge on any atom is -0.393 e. The molecule has 4 nitrogen and oxygen atoms in total. The van der Waals surface area contributed by atoms with Gasteiger partial charge in [0.05, 0.1) is 6.10 Å². The van der Waals surface area contributed by atoms with Gasteiger partial charge in [-0.15, -0.1) is 0 Å². The first-order chi connectivity index (χ1) is 8.08. The standard InChI is InChI=1S/C13H19N3O/c1-9-2-3-11(13(14)15)12(8-9)16-6-4-10(17)5-7-16/h2-3,8,10,17H,4-7H2,1H3,(H3,14,15). The van der Waals surface area contributed by atoms with E-state index in [1.54, 1.807) is 0 Å². The largest absolute Gasteiger partial charge is 0.393 e. The molecule has 4 heteroatoms. The molecule has 2 rings (SSSR count). The number of aryl methyl sites for hydroxylation is 1. The molecule has 0 radical (unpaired) electrons. The number of nitrogens with one attached hydrogen (secondary N) is 1. The summed E-state index contributed by atoms with van der Waals surface area (Å²) in [6, 6.07) is 5.94. The van der Waals surface area contributed by atoms with Crippen molar-refractivity contribution in [2.75, 3.05) is 18.0 Å². The van der Waals surface area contributed by atoms with E-state index in [2.05, 4.69) is 11.0 Å². The van der Waals surface area contributed by atoms with Crippen LogP contribution in [0.4, 0.5) is 5.69 Å². The summed E-state index contributed by atoms with van der Waals surface area (Å²) in [5.41, 5.74) is 8.57. The smallest absolute Gasteiger partial charge is 0.124 e. The van der Waals surface area contributed by atoms with Gasteiger partial charge in [0.2, 0.25) is 0 Å². The Morgan fingerprint density at radius 2 is 2.06 bits per heavy atom. The summed E-state index contributed by atoms with van der Waals surface area (Å²) in [5, 5.41) is 17.1. The van der Waals surface area contributed by atoms with E-state index in [1.807, 2.05) is 19.1 Å². The van der Waals surface area contributed by atoms with Crippen LogP contribution in [0.5, 0.6) is 0 Å². The van der Waals surface area contributed by atoms with Crippen LogP contribution in [0.3, 0.4) is 0 Å². The Morgan fingerprint density at radius 3 is 2.65 bits per heavy atom. The summed E-state index contributed by atoms with van der Waals surface area (Å²) in [4.78, 5) is 2.20. The molecule has 1 saturated heterocycles. The normalized spacial score (nSPS) is 17.2. The van der Waals surface area contributed by atoms with E-state index in [0.717, 1.165) is 42.7 Å². The molecule has 1 fully saturated rings. The van der Waals surface area contributed by atoms with Crippen LogP contribution in [0.2, 0.25) is 0 Å². The molecule has 0 aromatic heterocycles. The number of amidine groups is 1. The highest BCUT2D eigenvalue weighted by molar-refractivity contribution is 6.00. The van der Waals surface area contributed by atoms with Gasteiger partial charge in [-0.2, -0.15) is 0 Å². The number of benzene rings is 1. The predicted octanol–water partition coefficient (Wildman–Crippen LogP) is 1.24. The van der Waals surface area contributed by atoms with Gasteiger partial charge in [-0.05, 0) is 37.5 Å². The molecule has 0 saturated carbocycles. The molecule has 1 aromatic rings. The van der Waals surface area contributed by atoms with Gasteiger partial charge in [0.25, 0.3) is 0 Å². The number of aliphatic hydroxyl groups is 1. The van der Waals surface area contributed by atoms with E-state index in [9.17, 15) is 5.11 Å². The van der Waals surface area contributed by atoms with E-state index in [0.29, 0.717) is 0 Å². The Hall–Kier alpha value is -1.55. The maximum absolute atomic E-state index is 9.51. The fraction of sp³-hybridized carbons (Fsp3) is 0.462. The number of nitrogens with zero attached hydrogens (tertiary/aromatic N) is 1. The van der Waals surface area contributed by atoms with Gasteiger partial charge in [0.1, 0.15) is 5.84 Å². The molecule has 0 amide bonds. The number of hydrogen-bond donors (Lipinski definition) is 3. The Balaban J connectivity index is 2.30. The first-order valence-corrected chi connectivity index (χ1v) is 5.96. The predicted molar refractivity (Wildman–Crippen MR) is 69.6 cm³/mol. The van der Waals surface area contributed by atoms with Crippen molar-refractivity contribution in [1.29, 1.82) is 5.41 Å². The van der Waals surface area contributed by atoms with Gasteiger partial charge in [-0.25, -0.2) is 0 Å². The van der Waals surface area contributed by atoms with Crippen LogP contribution in [-0.4, -0.2) is 30.1 Å². The van der Waals surface area contributed by atoms with Crippen LogP contribution >= 0.6 is 0 Å². The van der Waals surface area contributed by atoms with Crippen LogP contribution in [0.15, 0.2) is 18.2 Å². The molecule has 1 aliphatic heterocycles. The lowest BCUT2D eigenvalue weighted by molar-refractivity contribution is 0.145. The van der Waals surface area contributed by atoms with Crippen LogP contribution < -0.4 is 10.6 Å². The molecular weight excluding hydrogens is 214 g/mol. The third-order valence-corrected chi connectivity index (χ3v) is 3.25. The molecule has 0 spiro atoms. The van der Waals surface area contributed by atoms with E-state index in [-0.39, 0.29) is 11.9 Å². The third-order valence-electron chi connectivity index (χ3n) is 3.25. The first-order valence-electron chi connectivity index (χ1n) is 5.96. The number of nitrogen functional groups attached to an aromatic ring is 1. The Morgan fingerprint density at radius 1 is 1.41 bits per heavy atom. The Bertz CT molecular complexity index is 423. The quantitative estimate of drug-likeness (QED) is 0.531. The van der Waals surface area contributed by atoms with E-state index >= 15 is 0 Å². The zero-order valence-electron chi connectivity index (χ0n) is 10.1. The van der Waals surface area contributed by atoms with E-state index in [1.165, 1.54) is 0 Å². The first kappa shape index (κ1) is 11.9. The Kier molecular flexibility index (Phi) is 3.33. The van der Waals surface area contributed by atoms with Gasteiger partial charge in [-0.1, -0.05) is 6.07 Å². The topological polar surface area (TPSA) is 73.3 Å². The maximum atomic E-state index is 9.51. The summed E-state index contributed by atoms with van der Waals surface area (Å²) >= 11 is 0. The molecule has 1 heterocycles. The number of nitrogens with two attached hydrogens (primary N) is 1. The van der Waals surface area contributed by atoms with E-state index < -0.39 is 0 Å². The lowest BCUT2D eigenvalue weighted by Crippen LogP contribution is -2.37. The van der Waals surface area contributed by atoms with Crippen LogP contribution in [0.25, 0.3) is 0 Å². The molecule has 0 aliphatic carbocycles. The van der Waals surface area contributed by atoms with Crippen LogP contribution in [-0.2, 0) is 0 Å². The van der Waals surface area contributed by atoms with Gasteiger partial charge < -0.3 is 15.7 Å². The summed E-state index contributed by atoms with van der Waals surface area (Å²) in [6.45, 7) is 3.68. The van der Waals surface area contributed by atoms with Crippen molar-refractivity contribution >= 4 is 11.5 Å². The highest BCUT2D eigenvalue weighted by atomic mass is 16.3. The van der Waals surface area contributed by atoms with Crippen molar-refractivity contribution in [3.8, 4) is 0 Å². The minimum absolute atomic E-state index is 0.103. The lowest BCUT2D eigenvalue weighted by Gasteiger charge is -2.33. The molecule has 1 aliphatic rings. The molecule has 0 bridgehead atoms. The molecule has 92 valence electrons. The van der Waals surface area contributed by atoms with Crippen molar-refractivity contribution in [2.24, 2.45) is 5.73 Å². The second-order valence-electron chi connectivity index (χ2n) is 4.65.